The Kier molecular flexibility index (Phi) is 4.18. The number of piperidine rings is 1. The SMILES string of the molecule is CC[C@H](N)c1ccc(N2CCC3(O)CCCCC3C2)cn1. The first kappa shape index (κ1) is 14.8. The number of nitrogens with zero attached hydrogens (tertiary/aromatic N) is 2. The normalized spacial score (nSPS) is 30.8. The van der Waals surface area contributed by atoms with E-state index in [2.05, 4.69) is 22.9 Å². The number of aliphatic hydroxyl groups is 1. The average molecular weight is 289 g/mol. The summed E-state index contributed by atoms with van der Waals surface area (Å²) in [4.78, 5) is 6.89. The lowest BCUT2D eigenvalue weighted by atomic mass is 9.71. The van der Waals surface area contributed by atoms with Crippen LogP contribution in [0.25, 0.3) is 0 Å². The van der Waals surface area contributed by atoms with Crippen LogP contribution in [-0.2, 0) is 0 Å². The number of hydrogen-bond acceptors (Lipinski definition) is 4. The van der Waals surface area contributed by atoms with Crippen LogP contribution in [0.3, 0.4) is 0 Å². The van der Waals surface area contributed by atoms with Gasteiger partial charge >= 0.3 is 0 Å². The fraction of sp³-hybridized carbons (Fsp3) is 0.706. The molecular weight excluding hydrogens is 262 g/mol. The van der Waals surface area contributed by atoms with Crippen LogP contribution >= 0.6 is 0 Å². The number of rotatable bonds is 3. The summed E-state index contributed by atoms with van der Waals surface area (Å²) in [5, 5.41) is 10.7. The lowest BCUT2D eigenvalue weighted by molar-refractivity contribution is -0.0612. The van der Waals surface area contributed by atoms with Gasteiger partial charge in [0.1, 0.15) is 0 Å². The molecule has 3 rings (SSSR count). The zero-order valence-corrected chi connectivity index (χ0v) is 13.0. The number of aromatic nitrogens is 1. The van der Waals surface area contributed by atoms with Crippen LogP contribution < -0.4 is 10.6 Å². The predicted molar refractivity (Wildman–Crippen MR) is 85.2 cm³/mol. The molecule has 0 radical (unpaired) electrons. The number of pyridine rings is 1. The average Bonchev–Trinajstić information content (AvgIpc) is 2.53. The quantitative estimate of drug-likeness (QED) is 0.898. The molecule has 1 aromatic rings. The molecule has 0 aromatic carbocycles. The van der Waals surface area contributed by atoms with Crippen molar-refractivity contribution in [2.24, 2.45) is 11.7 Å². The van der Waals surface area contributed by atoms with Crippen molar-refractivity contribution in [3.8, 4) is 0 Å². The van der Waals surface area contributed by atoms with Crippen molar-refractivity contribution < 1.29 is 5.11 Å². The van der Waals surface area contributed by atoms with Gasteiger partial charge in [0.15, 0.2) is 0 Å². The third kappa shape index (κ3) is 2.92. The summed E-state index contributed by atoms with van der Waals surface area (Å²) in [6.07, 6.45) is 8.30. The maximum Gasteiger partial charge on any atom is 0.0709 e. The van der Waals surface area contributed by atoms with E-state index in [9.17, 15) is 5.11 Å². The zero-order valence-electron chi connectivity index (χ0n) is 13.0. The molecule has 1 aromatic heterocycles. The zero-order chi connectivity index (χ0) is 14.9. The molecule has 3 atom stereocenters. The molecule has 1 aliphatic heterocycles. The minimum absolute atomic E-state index is 0.0313. The smallest absolute Gasteiger partial charge is 0.0709 e. The van der Waals surface area contributed by atoms with Gasteiger partial charge in [-0.2, -0.15) is 0 Å². The highest BCUT2D eigenvalue weighted by atomic mass is 16.3. The Bertz CT molecular complexity index is 475. The second-order valence-corrected chi connectivity index (χ2v) is 6.70. The summed E-state index contributed by atoms with van der Waals surface area (Å²) in [6, 6.07) is 4.21. The van der Waals surface area contributed by atoms with Crippen molar-refractivity contribution in [3.63, 3.8) is 0 Å². The van der Waals surface area contributed by atoms with Gasteiger partial charge in [0.05, 0.1) is 23.2 Å². The summed E-state index contributed by atoms with van der Waals surface area (Å²) in [6.45, 7) is 3.96. The Labute approximate surface area is 127 Å². The Hall–Kier alpha value is -1.13. The van der Waals surface area contributed by atoms with E-state index >= 15 is 0 Å². The van der Waals surface area contributed by atoms with Gasteiger partial charge in [0.25, 0.3) is 0 Å². The molecular formula is C17H27N3O. The second-order valence-electron chi connectivity index (χ2n) is 6.70. The van der Waals surface area contributed by atoms with Gasteiger partial charge in [0, 0.05) is 25.0 Å². The minimum Gasteiger partial charge on any atom is -0.389 e. The molecule has 2 fully saturated rings. The van der Waals surface area contributed by atoms with Gasteiger partial charge in [-0.3, -0.25) is 4.98 Å². The van der Waals surface area contributed by atoms with Crippen molar-refractivity contribution in [1.29, 1.82) is 0 Å². The molecule has 0 spiro atoms. The van der Waals surface area contributed by atoms with E-state index in [1.54, 1.807) is 0 Å². The van der Waals surface area contributed by atoms with E-state index in [1.807, 2.05) is 12.3 Å². The van der Waals surface area contributed by atoms with Crippen LogP contribution in [0, 0.1) is 5.92 Å². The van der Waals surface area contributed by atoms with Crippen LogP contribution in [0.15, 0.2) is 18.3 Å². The maximum absolute atomic E-state index is 10.7. The summed E-state index contributed by atoms with van der Waals surface area (Å²) >= 11 is 0. The van der Waals surface area contributed by atoms with Gasteiger partial charge in [0.2, 0.25) is 0 Å². The lowest BCUT2D eigenvalue weighted by Gasteiger charge is -2.48. The largest absolute Gasteiger partial charge is 0.389 e. The number of anilines is 1. The second kappa shape index (κ2) is 5.93. The highest BCUT2D eigenvalue weighted by Gasteiger charge is 2.42. The summed E-state index contributed by atoms with van der Waals surface area (Å²) in [5.41, 5.74) is 7.74. The number of fused-ring (bicyclic) bond motifs is 1. The summed E-state index contributed by atoms with van der Waals surface area (Å²) < 4.78 is 0. The fourth-order valence-corrected chi connectivity index (χ4v) is 3.82. The van der Waals surface area contributed by atoms with Gasteiger partial charge in [-0.25, -0.2) is 0 Å². The molecule has 0 bridgehead atoms. The minimum atomic E-state index is -0.410. The van der Waals surface area contributed by atoms with E-state index < -0.39 is 5.60 Å². The van der Waals surface area contributed by atoms with Crippen LogP contribution in [0.1, 0.15) is 57.2 Å². The fourth-order valence-electron chi connectivity index (χ4n) is 3.82. The molecule has 2 heterocycles. The Morgan fingerprint density at radius 3 is 3.00 bits per heavy atom. The van der Waals surface area contributed by atoms with E-state index in [-0.39, 0.29) is 6.04 Å². The number of nitrogens with two attached hydrogens (primary N) is 1. The molecule has 2 unspecified atom stereocenters. The van der Waals surface area contributed by atoms with Crippen molar-refractivity contribution in [2.75, 3.05) is 18.0 Å². The molecule has 21 heavy (non-hydrogen) atoms. The van der Waals surface area contributed by atoms with Crippen LogP contribution in [0.5, 0.6) is 0 Å². The molecule has 1 aliphatic carbocycles. The Morgan fingerprint density at radius 1 is 1.43 bits per heavy atom. The van der Waals surface area contributed by atoms with Crippen molar-refractivity contribution >= 4 is 5.69 Å². The van der Waals surface area contributed by atoms with Gasteiger partial charge in [-0.05, 0) is 37.8 Å². The van der Waals surface area contributed by atoms with E-state index in [4.69, 9.17) is 5.73 Å². The molecule has 3 N–H and O–H groups in total. The molecule has 0 amide bonds. The van der Waals surface area contributed by atoms with Crippen molar-refractivity contribution in [1.82, 2.24) is 4.98 Å². The van der Waals surface area contributed by atoms with E-state index in [0.29, 0.717) is 5.92 Å². The molecule has 116 valence electrons. The van der Waals surface area contributed by atoms with Gasteiger partial charge < -0.3 is 15.7 Å². The van der Waals surface area contributed by atoms with Gasteiger partial charge in [-0.1, -0.05) is 19.8 Å². The molecule has 4 heteroatoms. The maximum atomic E-state index is 10.7. The first-order valence-corrected chi connectivity index (χ1v) is 8.31. The predicted octanol–water partition coefficient (Wildman–Crippen LogP) is 2.62. The standard InChI is InChI=1S/C17H27N3O/c1-2-15(18)16-7-6-14(11-19-16)20-10-9-17(21)8-4-3-5-13(17)12-20/h6-7,11,13,15,21H,2-5,8-10,12,18H2,1H3/t13?,15-,17?/m0/s1. The third-order valence-corrected chi connectivity index (χ3v) is 5.38. The monoisotopic (exact) mass is 289 g/mol. The van der Waals surface area contributed by atoms with Crippen LogP contribution in [-0.4, -0.2) is 28.8 Å². The van der Waals surface area contributed by atoms with Crippen molar-refractivity contribution in [2.45, 2.75) is 57.1 Å². The molecule has 1 saturated heterocycles. The lowest BCUT2D eigenvalue weighted by Crippen LogP contribution is -2.53. The topological polar surface area (TPSA) is 62.4 Å². The van der Waals surface area contributed by atoms with Crippen LogP contribution in [0.2, 0.25) is 0 Å². The third-order valence-electron chi connectivity index (χ3n) is 5.38. The van der Waals surface area contributed by atoms with Crippen LogP contribution in [0.4, 0.5) is 5.69 Å². The van der Waals surface area contributed by atoms with E-state index in [1.165, 1.54) is 12.8 Å². The summed E-state index contributed by atoms with van der Waals surface area (Å²) in [5.74, 6) is 0.414. The first-order valence-electron chi connectivity index (χ1n) is 8.31. The molecule has 4 nitrogen and oxygen atoms in total. The number of hydrogen-bond donors (Lipinski definition) is 2. The Morgan fingerprint density at radius 2 is 2.29 bits per heavy atom. The summed E-state index contributed by atoms with van der Waals surface area (Å²) in [7, 11) is 0. The van der Waals surface area contributed by atoms with E-state index in [0.717, 1.165) is 50.2 Å². The van der Waals surface area contributed by atoms with Gasteiger partial charge in [-0.15, -0.1) is 0 Å². The van der Waals surface area contributed by atoms with Crippen molar-refractivity contribution in [3.05, 3.63) is 24.0 Å². The Balaban J connectivity index is 1.70. The highest BCUT2D eigenvalue weighted by molar-refractivity contribution is 5.45. The highest BCUT2D eigenvalue weighted by Crippen LogP contribution is 2.40. The first-order chi connectivity index (χ1) is 10.1. The molecule has 1 saturated carbocycles. The molecule has 2 aliphatic rings.